The van der Waals surface area contributed by atoms with Crippen molar-refractivity contribution < 1.29 is 9.53 Å². The number of hydrogen-bond donors (Lipinski definition) is 2. The maximum absolute atomic E-state index is 12.3. The van der Waals surface area contributed by atoms with Crippen molar-refractivity contribution >= 4 is 17.5 Å². The predicted octanol–water partition coefficient (Wildman–Crippen LogP) is 1.43. The predicted molar refractivity (Wildman–Crippen MR) is 92.5 cm³/mol. The van der Waals surface area contributed by atoms with E-state index in [1.54, 1.807) is 6.20 Å². The lowest BCUT2D eigenvalue weighted by atomic mass is 10.0. The number of nitrogens with zero attached hydrogens (tertiary/aromatic N) is 2. The highest BCUT2D eigenvalue weighted by Crippen LogP contribution is 2.31. The topological polar surface area (TPSA) is 66.5 Å². The molecule has 3 heterocycles. The Morgan fingerprint density at radius 3 is 2.88 bits per heavy atom. The minimum Gasteiger partial charge on any atom is -0.425 e. The minimum atomic E-state index is -0.405. The average Bonchev–Trinajstić information content (AvgIpc) is 2.63. The summed E-state index contributed by atoms with van der Waals surface area (Å²) in [5.74, 6) is 1.10. The molecule has 6 nitrogen and oxygen atoms in total. The van der Waals surface area contributed by atoms with Crippen LogP contribution in [0.4, 0.5) is 11.5 Å². The van der Waals surface area contributed by atoms with Gasteiger partial charge in [-0.25, -0.2) is 9.78 Å². The largest absolute Gasteiger partial charge is 0.425 e. The van der Waals surface area contributed by atoms with Gasteiger partial charge in [0.15, 0.2) is 0 Å². The van der Waals surface area contributed by atoms with Gasteiger partial charge in [-0.1, -0.05) is 12.1 Å². The molecule has 2 aromatic rings. The molecular formula is C18H20N4O2. The van der Waals surface area contributed by atoms with Gasteiger partial charge in [0.25, 0.3) is 0 Å². The highest BCUT2D eigenvalue weighted by Gasteiger charge is 2.29. The molecule has 0 bridgehead atoms. The zero-order chi connectivity index (χ0) is 16.4. The van der Waals surface area contributed by atoms with E-state index >= 15 is 0 Å². The summed E-state index contributed by atoms with van der Waals surface area (Å²) >= 11 is 0. The molecule has 1 aromatic heterocycles. The van der Waals surface area contributed by atoms with Gasteiger partial charge in [0.05, 0.1) is 0 Å². The second kappa shape index (κ2) is 6.49. The van der Waals surface area contributed by atoms with E-state index < -0.39 is 6.04 Å². The number of hydrogen-bond acceptors (Lipinski definition) is 6. The third kappa shape index (κ3) is 3.05. The molecule has 24 heavy (non-hydrogen) atoms. The molecule has 2 aliphatic heterocycles. The third-order valence-electron chi connectivity index (χ3n) is 4.44. The van der Waals surface area contributed by atoms with Gasteiger partial charge in [0, 0.05) is 50.6 Å². The number of anilines is 2. The molecule has 1 saturated heterocycles. The Morgan fingerprint density at radius 1 is 1.21 bits per heavy atom. The van der Waals surface area contributed by atoms with Crippen LogP contribution in [-0.4, -0.2) is 43.2 Å². The minimum absolute atomic E-state index is 0.259. The van der Waals surface area contributed by atoms with Crippen LogP contribution in [0.15, 0.2) is 42.6 Å². The van der Waals surface area contributed by atoms with Crippen molar-refractivity contribution in [3.63, 3.8) is 0 Å². The van der Waals surface area contributed by atoms with Gasteiger partial charge >= 0.3 is 5.97 Å². The number of carbonyl (C=O) groups excluding carboxylic acids is 1. The van der Waals surface area contributed by atoms with Gasteiger partial charge in [0.2, 0.25) is 0 Å². The van der Waals surface area contributed by atoms with Crippen LogP contribution in [0.2, 0.25) is 0 Å². The summed E-state index contributed by atoms with van der Waals surface area (Å²) in [6.45, 7) is 3.90. The van der Waals surface area contributed by atoms with Crippen LogP contribution in [0.3, 0.4) is 0 Å². The van der Waals surface area contributed by atoms with Crippen LogP contribution in [0, 0.1) is 0 Å². The first kappa shape index (κ1) is 15.0. The molecule has 4 rings (SSSR count). The number of benzene rings is 1. The molecule has 124 valence electrons. The highest BCUT2D eigenvalue weighted by molar-refractivity contribution is 5.84. The Labute approximate surface area is 140 Å². The van der Waals surface area contributed by atoms with E-state index in [0.717, 1.165) is 37.4 Å². The first-order valence-corrected chi connectivity index (χ1v) is 8.27. The fraction of sp³-hybridized carbons (Fsp3) is 0.333. The standard InChI is InChI=1S/C18H20N4O2/c23-18-15(21-17-3-1-2-6-20-17)11-13-4-5-14(12-16(13)24-18)22-9-7-19-8-10-22/h1-6,12,15,19H,7-11H2,(H,20,21). The summed E-state index contributed by atoms with van der Waals surface area (Å²) in [4.78, 5) is 18.8. The molecule has 1 fully saturated rings. The smallest absolute Gasteiger partial charge is 0.334 e. The SMILES string of the molecule is O=C1Oc2cc(N3CCNCC3)ccc2CC1Nc1ccccn1. The van der Waals surface area contributed by atoms with Crippen molar-refractivity contribution in [2.24, 2.45) is 0 Å². The normalized spacial score (nSPS) is 20.2. The van der Waals surface area contributed by atoms with Gasteiger partial charge in [0.1, 0.15) is 17.6 Å². The second-order valence-electron chi connectivity index (χ2n) is 6.07. The molecule has 1 unspecified atom stereocenters. The number of carbonyl (C=O) groups is 1. The number of fused-ring (bicyclic) bond motifs is 1. The summed E-state index contributed by atoms with van der Waals surface area (Å²) in [6, 6.07) is 11.3. The van der Waals surface area contributed by atoms with Crippen molar-refractivity contribution in [3.8, 4) is 5.75 Å². The van der Waals surface area contributed by atoms with Crippen LogP contribution < -0.4 is 20.3 Å². The van der Waals surface area contributed by atoms with Crippen molar-refractivity contribution in [1.29, 1.82) is 0 Å². The van der Waals surface area contributed by atoms with Crippen LogP contribution in [-0.2, 0) is 11.2 Å². The zero-order valence-corrected chi connectivity index (χ0v) is 13.4. The molecule has 0 radical (unpaired) electrons. The Kier molecular flexibility index (Phi) is 4.04. The summed E-state index contributed by atoms with van der Waals surface area (Å²) < 4.78 is 5.58. The van der Waals surface area contributed by atoms with E-state index in [1.807, 2.05) is 24.3 Å². The van der Waals surface area contributed by atoms with E-state index in [2.05, 4.69) is 32.7 Å². The summed E-state index contributed by atoms with van der Waals surface area (Å²) in [7, 11) is 0. The van der Waals surface area contributed by atoms with E-state index in [4.69, 9.17) is 4.74 Å². The molecule has 6 heteroatoms. The molecule has 1 atom stereocenters. The van der Waals surface area contributed by atoms with Crippen LogP contribution in [0.25, 0.3) is 0 Å². The van der Waals surface area contributed by atoms with E-state index in [1.165, 1.54) is 0 Å². The van der Waals surface area contributed by atoms with Crippen molar-refractivity contribution in [2.75, 3.05) is 36.4 Å². The molecule has 2 N–H and O–H groups in total. The Morgan fingerprint density at radius 2 is 2.08 bits per heavy atom. The second-order valence-corrected chi connectivity index (χ2v) is 6.07. The lowest BCUT2D eigenvalue weighted by Crippen LogP contribution is -2.43. The van der Waals surface area contributed by atoms with Gasteiger partial charge in [-0.2, -0.15) is 0 Å². The van der Waals surface area contributed by atoms with E-state index in [9.17, 15) is 4.79 Å². The third-order valence-corrected chi connectivity index (χ3v) is 4.44. The number of esters is 1. The summed E-state index contributed by atoms with van der Waals surface area (Å²) in [5.41, 5.74) is 2.15. The molecular weight excluding hydrogens is 304 g/mol. The maximum Gasteiger partial charge on any atom is 0.334 e. The monoisotopic (exact) mass is 324 g/mol. The summed E-state index contributed by atoms with van der Waals surface area (Å²) in [5, 5.41) is 6.49. The number of rotatable bonds is 3. The van der Waals surface area contributed by atoms with Gasteiger partial charge in [-0.15, -0.1) is 0 Å². The number of aromatic nitrogens is 1. The molecule has 0 spiro atoms. The summed E-state index contributed by atoms with van der Waals surface area (Å²) in [6.07, 6.45) is 2.30. The number of pyridine rings is 1. The van der Waals surface area contributed by atoms with Crippen molar-refractivity contribution in [2.45, 2.75) is 12.5 Å². The Balaban J connectivity index is 1.51. The van der Waals surface area contributed by atoms with Gasteiger partial charge in [-0.3, -0.25) is 0 Å². The molecule has 0 aliphatic carbocycles. The first-order valence-electron chi connectivity index (χ1n) is 8.27. The van der Waals surface area contributed by atoms with Gasteiger partial charge < -0.3 is 20.3 Å². The number of ether oxygens (including phenoxy) is 1. The van der Waals surface area contributed by atoms with Gasteiger partial charge in [-0.05, 0) is 23.8 Å². The Hall–Kier alpha value is -2.60. The van der Waals surface area contributed by atoms with Crippen LogP contribution >= 0.6 is 0 Å². The molecule has 0 saturated carbocycles. The fourth-order valence-corrected chi connectivity index (χ4v) is 3.15. The zero-order valence-electron chi connectivity index (χ0n) is 13.4. The number of piperazine rings is 1. The molecule has 1 aromatic carbocycles. The van der Waals surface area contributed by atoms with E-state index in [0.29, 0.717) is 18.0 Å². The maximum atomic E-state index is 12.3. The van der Waals surface area contributed by atoms with E-state index in [-0.39, 0.29) is 5.97 Å². The lowest BCUT2D eigenvalue weighted by Gasteiger charge is -2.31. The lowest BCUT2D eigenvalue weighted by molar-refractivity contribution is -0.136. The van der Waals surface area contributed by atoms with Crippen LogP contribution in [0.1, 0.15) is 5.56 Å². The van der Waals surface area contributed by atoms with Crippen LogP contribution in [0.5, 0.6) is 5.75 Å². The van der Waals surface area contributed by atoms with Crippen molar-refractivity contribution in [1.82, 2.24) is 10.3 Å². The highest BCUT2D eigenvalue weighted by atomic mass is 16.5. The Bertz CT molecular complexity index is 729. The quantitative estimate of drug-likeness (QED) is 0.658. The molecule has 0 amide bonds. The molecule has 2 aliphatic rings. The average molecular weight is 324 g/mol. The fourth-order valence-electron chi connectivity index (χ4n) is 3.15. The first-order chi connectivity index (χ1) is 11.8. The van der Waals surface area contributed by atoms with Crippen molar-refractivity contribution in [3.05, 3.63) is 48.2 Å². The number of nitrogens with one attached hydrogen (secondary N) is 2.